The molecule has 0 radical (unpaired) electrons. The van der Waals surface area contributed by atoms with Crippen molar-refractivity contribution in [1.82, 2.24) is 4.98 Å². The second-order valence-corrected chi connectivity index (χ2v) is 4.75. The number of nitrogens with two attached hydrogens (primary N) is 1. The van der Waals surface area contributed by atoms with E-state index in [1.165, 1.54) is 24.1 Å². The molecule has 1 aromatic rings. The smallest absolute Gasteiger partial charge is 0.250 e. The highest BCUT2D eigenvalue weighted by atomic mass is 16.1. The van der Waals surface area contributed by atoms with Gasteiger partial charge in [-0.05, 0) is 43.2 Å². The Morgan fingerprint density at radius 1 is 1.38 bits per heavy atom. The molecule has 86 valence electrons. The first-order valence-electron chi connectivity index (χ1n) is 5.92. The van der Waals surface area contributed by atoms with Crippen LogP contribution in [-0.4, -0.2) is 10.9 Å². The Hall–Kier alpha value is -1.38. The molecule has 0 saturated carbocycles. The summed E-state index contributed by atoms with van der Waals surface area (Å²) in [5.74, 6) is -0.112. The molecule has 16 heavy (non-hydrogen) atoms. The van der Waals surface area contributed by atoms with Gasteiger partial charge in [-0.25, -0.2) is 0 Å². The molecule has 2 rings (SSSR count). The summed E-state index contributed by atoms with van der Waals surface area (Å²) in [6.07, 6.45) is 4.45. The lowest BCUT2D eigenvalue weighted by atomic mass is 9.92. The average Bonchev–Trinajstić information content (AvgIpc) is 2.27. The van der Waals surface area contributed by atoms with Gasteiger partial charge in [0, 0.05) is 5.69 Å². The molecule has 0 atom stereocenters. The van der Waals surface area contributed by atoms with Gasteiger partial charge in [0.15, 0.2) is 0 Å². The molecule has 1 aromatic heterocycles. The lowest BCUT2D eigenvalue weighted by Crippen LogP contribution is -2.19. The fourth-order valence-electron chi connectivity index (χ4n) is 2.29. The minimum atomic E-state index is -0.357. The molecule has 3 nitrogen and oxygen atoms in total. The van der Waals surface area contributed by atoms with E-state index in [1.807, 2.05) is 19.9 Å². The van der Waals surface area contributed by atoms with Crippen LogP contribution in [0.1, 0.15) is 59.9 Å². The number of carbonyl (C=O) groups excluding carboxylic acids is 1. The topological polar surface area (TPSA) is 56.0 Å². The summed E-state index contributed by atoms with van der Waals surface area (Å²) in [5, 5.41) is 0. The summed E-state index contributed by atoms with van der Waals surface area (Å²) < 4.78 is 0. The minimum Gasteiger partial charge on any atom is -0.366 e. The van der Waals surface area contributed by atoms with Crippen molar-refractivity contribution in [3.8, 4) is 0 Å². The van der Waals surface area contributed by atoms with E-state index in [1.54, 1.807) is 0 Å². The maximum absolute atomic E-state index is 11.4. The Morgan fingerprint density at radius 2 is 2.06 bits per heavy atom. The Balaban J connectivity index is 2.54. The highest BCUT2D eigenvalue weighted by molar-refractivity contribution is 5.94. The van der Waals surface area contributed by atoms with E-state index >= 15 is 0 Å². The van der Waals surface area contributed by atoms with Gasteiger partial charge in [0.1, 0.15) is 0 Å². The number of hydrogen-bond donors (Lipinski definition) is 1. The van der Waals surface area contributed by atoms with Crippen molar-refractivity contribution in [3.05, 3.63) is 28.6 Å². The van der Waals surface area contributed by atoms with Crippen LogP contribution in [0, 0.1) is 0 Å². The number of aryl methyl sites for hydroxylation is 2. The van der Waals surface area contributed by atoms with Crippen LogP contribution in [0.15, 0.2) is 6.07 Å². The third-order valence-electron chi connectivity index (χ3n) is 3.14. The molecule has 1 aliphatic carbocycles. The zero-order valence-corrected chi connectivity index (χ0v) is 9.92. The molecular formula is C13H18N2O. The van der Waals surface area contributed by atoms with Gasteiger partial charge in [-0.3, -0.25) is 9.78 Å². The molecule has 1 aliphatic rings. The summed E-state index contributed by atoms with van der Waals surface area (Å²) in [6.45, 7) is 4.09. The van der Waals surface area contributed by atoms with E-state index in [-0.39, 0.29) is 11.8 Å². The van der Waals surface area contributed by atoms with Crippen LogP contribution in [0.5, 0.6) is 0 Å². The molecule has 2 N–H and O–H groups in total. The van der Waals surface area contributed by atoms with Crippen LogP contribution in [0.3, 0.4) is 0 Å². The SMILES string of the molecule is CC(C)c1nc2c(cc1C(N)=O)CCCC2. The van der Waals surface area contributed by atoms with E-state index in [4.69, 9.17) is 5.73 Å². The van der Waals surface area contributed by atoms with Gasteiger partial charge >= 0.3 is 0 Å². The zero-order valence-electron chi connectivity index (χ0n) is 9.92. The first-order valence-corrected chi connectivity index (χ1v) is 5.92. The standard InChI is InChI=1S/C13H18N2O/c1-8(2)12-10(13(14)16)7-9-5-3-4-6-11(9)15-12/h7-8H,3-6H2,1-2H3,(H2,14,16). The van der Waals surface area contributed by atoms with E-state index < -0.39 is 0 Å². The Labute approximate surface area is 96.1 Å². The molecule has 0 aliphatic heterocycles. The molecular weight excluding hydrogens is 200 g/mol. The zero-order chi connectivity index (χ0) is 11.7. The number of aromatic nitrogens is 1. The van der Waals surface area contributed by atoms with Gasteiger partial charge in [-0.2, -0.15) is 0 Å². The monoisotopic (exact) mass is 218 g/mol. The van der Waals surface area contributed by atoms with E-state index in [2.05, 4.69) is 4.98 Å². The van der Waals surface area contributed by atoms with Crippen molar-refractivity contribution in [1.29, 1.82) is 0 Å². The summed E-state index contributed by atoms with van der Waals surface area (Å²) in [6, 6.07) is 1.96. The number of fused-ring (bicyclic) bond motifs is 1. The maximum Gasteiger partial charge on any atom is 0.250 e. The van der Waals surface area contributed by atoms with Gasteiger partial charge in [-0.1, -0.05) is 13.8 Å². The Morgan fingerprint density at radius 3 is 2.69 bits per heavy atom. The van der Waals surface area contributed by atoms with Gasteiger partial charge in [0.05, 0.1) is 11.3 Å². The van der Waals surface area contributed by atoms with Crippen LogP contribution in [0.2, 0.25) is 0 Å². The van der Waals surface area contributed by atoms with Crippen molar-refractivity contribution < 1.29 is 4.79 Å². The highest BCUT2D eigenvalue weighted by Gasteiger charge is 2.19. The van der Waals surface area contributed by atoms with Crippen LogP contribution < -0.4 is 5.73 Å². The Bertz CT molecular complexity index is 424. The first kappa shape index (κ1) is 11.1. The lowest BCUT2D eigenvalue weighted by molar-refractivity contribution is 0.0998. The molecule has 0 spiro atoms. The van der Waals surface area contributed by atoms with E-state index in [9.17, 15) is 4.79 Å². The van der Waals surface area contributed by atoms with Crippen molar-refractivity contribution in [2.75, 3.05) is 0 Å². The third kappa shape index (κ3) is 1.94. The maximum atomic E-state index is 11.4. The van der Waals surface area contributed by atoms with Crippen LogP contribution in [0.25, 0.3) is 0 Å². The van der Waals surface area contributed by atoms with Crippen molar-refractivity contribution in [2.24, 2.45) is 5.73 Å². The molecule has 1 amide bonds. The van der Waals surface area contributed by atoms with Crippen molar-refractivity contribution in [2.45, 2.75) is 45.4 Å². The number of pyridine rings is 1. The highest BCUT2D eigenvalue weighted by Crippen LogP contribution is 2.25. The van der Waals surface area contributed by atoms with Crippen LogP contribution in [0.4, 0.5) is 0 Å². The predicted octanol–water partition coefficient (Wildman–Crippen LogP) is 2.18. The minimum absolute atomic E-state index is 0.245. The molecule has 0 unspecified atom stereocenters. The molecule has 0 fully saturated rings. The third-order valence-corrected chi connectivity index (χ3v) is 3.14. The van der Waals surface area contributed by atoms with Crippen molar-refractivity contribution in [3.63, 3.8) is 0 Å². The fraction of sp³-hybridized carbons (Fsp3) is 0.538. The lowest BCUT2D eigenvalue weighted by Gasteiger charge is -2.19. The number of amides is 1. The van der Waals surface area contributed by atoms with Gasteiger partial charge in [0.2, 0.25) is 0 Å². The second-order valence-electron chi connectivity index (χ2n) is 4.75. The average molecular weight is 218 g/mol. The normalized spacial score (nSPS) is 14.9. The largest absolute Gasteiger partial charge is 0.366 e. The van der Waals surface area contributed by atoms with Gasteiger partial charge in [0.25, 0.3) is 5.91 Å². The van der Waals surface area contributed by atoms with Gasteiger partial charge < -0.3 is 5.73 Å². The summed E-state index contributed by atoms with van der Waals surface area (Å²) in [5.41, 5.74) is 9.25. The van der Waals surface area contributed by atoms with Crippen LogP contribution in [-0.2, 0) is 12.8 Å². The number of carbonyl (C=O) groups is 1. The van der Waals surface area contributed by atoms with E-state index in [0.717, 1.165) is 18.5 Å². The summed E-state index contributed by atoms with van der Waals surface area (Å²) >= 11 is 0. The van der Waals surface area contributed by atoms with E-state index in [0.29, 0.717) is 5.56 Å². The van der Waals surface area contributed by atoms with Crippen molar-refractivity contribution >= 4 is 5.91 Å². The fourth-order valence-corrected chi connectivity index (χ4v) is 2.29. The quantitative estimate of drug-likeness (QED) is 0.827. The molecule has 3 heteroatoms. The second kappa shape index (κ2) is 4.24. The molecule has 1 heterocycles. The first-order chi connectivity index (χ1) is 7.59. The van der Waals surface area contributed by atoms with Gasteiger partial charge in [-0.15, -0.1) is 0 Å². The van der Waals surface area contributed by atoms with Crippen LogP contribution >= 0.6 is 0 Å². The molecule has 0 bridgehead atoms. The number of nitrogens with zero attached hydrogens (tertiary/aromatic N) is 1. The summed E-state index contributed by atoms with van der Waals surface area (Å²) in [7, 11) is 0. The number of hydrogen-bond acceptors (Lipinski definition) is 2. The molecule has 0 aromatic carbocycles. The number of primary amides is 1. The number of rotatable bonds is 2. The summed E-state index contributed by atoms with van der Waals surface area (Å²) in [4.78, 5) is 16.0. The Kier molecular flexibility index (Phi) is 2.95. The molecule has 0 saturated heterocycles. The predicted molar refractivity (Wildman–Crippen MR) is 63.5 cm³/mol.